The molecule has 2 nitrogen and oxygen atoms in total. The minimum Gasteiger partial charge on any atom is -0.487 e. The van der Waals surface area contributed by atoms with Gasteiger partial charge in [-0.3, -0.25) is 0 Å². The predicted octanol–water partition coefficient (Wildman–Crippen LogP) is 4.76. The Bertz CT molecular complexity index is 486. The van der Waals surface area contributed by atoms with Crippen LogP contribution in [-0.4, -0.2) is 5.60 Å². The molecule has 21 heavy (non-hydrogen) atoms. The fourth-order valence-electron chi connectivity index (χ4n) is 3.95. The molecule has 1 saturated carbocycles. The van der Waals surface area contributed by atoms with E-state index in [4.69, 9.17) is 10.5 Å². The molecule has 0 saturated heterocycles. The van der Waals surface area contributed by atoms with Crippen molar-refractivity contribution in [2.75, 3.05) is 0 Å². The van der Waals surface area contributed by atoms with Gasteiger partial charge in [-0.15, -0.1) is 0 Å². The lowest BCUT2D eigenvalue weighted by Gasteiger charge is -2.20. The van der Waals surface area contributed by atoms with E-state index < -0.39 is 0 Å². The van der Waals surface area contributed by atoms with Crippen molar-refractivity contribution in [1.29, 1.82) is 0 Å². The first-order chi connectivity index (χ1) is 10.0. The lowest BCUT2D eigenvalue weighted by atomic mass is 9.89. The number of benzene rings is 1. The van der Waals surface area contributed by atoms with Crippen molar-refractivity contribution in [1.82, 2.24) is 0 Å². The smallest absolute Gasteiger partial charge is 0.123 e. The maximum Gasteiger partial charge on any atom is 0.123 e. The molecule has 0 bridgehead atoms. The van der Waals surface area contributed by atoms with Gasteiger partial charge in [0.1, 0.15) is 11.4 Å². The molecule has 1 aliphatic carbocycles. The van der Waals surface area contributed by atoms with Crippen molar-refractivity contribution >= 4 is 0 Å². The highest BCUT2D eigenvalue weighted by atomic mass is 16.5. The van der Waals surface area contributed by atoms with E-state index in [2.05, 4.69) is 32.0 Å². The summed E-state index contributed by atoms with van der Waals surface area (Å²) in [5, 5.41) is 0. The van der Waals surface area contributed by atoms with Crippen LogP contribution >= 0.6 is 0 Å². The van der Waals surface area contributed by atoms with Crippen LogP contribution in [0.15, 0.2) is 18.2 Å². The van der Waals surface area contributed by atoms with E-state index >= 15 is 0 Å². The second kappa shape index (κ2) is 6.00. The molecule has 1 aromatic carbocycles. The lowest BCUT2D eigenvalue weighted by molar-refractivity contribution is 0.138. The van der Waals surface area contributed by atoms with Crippen LogP contribution in [0.4, 0.5) is 0 Å². The van der Waals surface area contributed by atoms with E-state index in [0.717, 1.165) is 24.5 Å². The van der Waals surface area contributed by atoms with Crippen molar-refractivity contribution < 1.29 is 4.74 Å². The summed E-state index contributed by atoms with van der Waals surface area (Å²) in [7, 11) is 0. The summed E-state index contributed by atoms with van der Waals surface area (Å²) in [6.45, 7) is 4.30. The molecule has 0 amide bonds. The Balaban J connectivity index is 1.67. The van der Waals surface area contributed by atoms with Crippen molar-refractivity contribution in [3.8, 4) is 5.75 Å². The highest BCUT2D eigenvalue weighted by Crippen LogP contribution is 2.37. The Labute approximate surface area is 129 Å². The van der Waals surface area contributed by atoms with E-state index in [1.54, 1.807) is 0 Å². The van der Waals surface area contributed by atoms with Crippen LogP contribution in [0.25, 0.3) is 0 Å². The van der Waals surface area contributed by atoms with Crippen LogP contribution in [0.3, 0.4) is 0 Å². The van der Waals surface area contributed by atoms with E-state index in [0.29, 0.717) is 0 Å². The molecule has 116 valence electrons. The molecule has 1 aromatic rings. The zero-order chi connectivity index (χ0) is 14.9. The molecule has 1 atom stereocenters. The van der Waals surface area contributed by atoms with Crippen LogP contribution in [0.5, 0.6) is 5.75 Å². The molecule has 1 heterocycles. The Hall–Kier alpha value is -1.02. The molecular formula is C19H29NO. The van der Waals surface area contributed by atoms with Crippen molar-refractivity contribution in [2.24, 2.45) is 11.7 Å². The van der Waals surface area contributed by atoms with E-state index in [-0.39, 0.29) is 11.6 Å². The molecular weight excluding hydrogens is 258 g/mol. The summed E-state index contributed by atoms with van der Waals surface area (Å²) in [6, 6.07) is 6.75. The SMILES string of the molecule is CC1(C)Cc2cc(C(N)CC3CCCCCC3)ccc2O1. The molecule has 3 rings (SSSR count). The van der Waals surface area contributed by atoms with Crippen LogP contribution in [0.1, 0.15) is 76.0 Å². The summed E-state index contributed by atoms with van der Waals surface area (Å²) in [4.78, 5) is 0. The van der Waals surface area contributed by atoms with Crippen molar-refractivity contribution in [3.63, 3.8) is 0 Å². The van der Waals surface area contributed by atoms with Gasteiger partial charge in [-0.25, -0.2) is 0 Å². The highest BCUT2D eigenvalue weighted by molar-refractivity contribution is 5.42. The van der Waals surface area contributed by atoms with Gasteiger partial charge in [-0.05, 0) is 43.4 Å². The Morgan fingerprint density at radius 2 is 1.90 bits per heavy atom. The lowest BCUT2D eigenvalue weighted by Crippen LogP contribution is -2.24. The van der Waals surface area contributed by atoms with Crippen LogP contribution in [0.2, 0.25) is 0 Å². The highest BCUT2D eigenvalue weighted by Gasteiger charge is 2.30. The molecule has 0 aromatic heterocycles. The first kappa shape index (κ1) is 14.9. The fourth-order valence-corrected chi connectivity index (χ4v) is 3.95. The van der Waals surface area contributed by atoms with Gasteiger partial charge in [-0.1, -0.05) is 50.7 Å². The third-order valence-electron chi connectivity index (χ3n) is 5.08. The number of fused-ring (bicyclic) bond motifs is 1. The molecule has 2 N–H and O–H groups in total. The minimum atomic E-state index is -0.0632. The summed E-state index contributed by atoms with van der Waals surface area (Å²) >= 11 is 0. The third-order valence-corrected chi connectivity index (χ3v) is 5.08. The molecule has 1 fully saturated rings. The van der Waals surface area contributed by atoms with Crippen molar-refractivity contribution in [2.45, 2.75) is 76.9 Å². The summed E-state index contributed by atoms with van der Waals surface area (Å²) in [5.41, 5.74) is 9.05. The van der Waals surface area contributed by atoms with Crippen LogP contribution < -0.4 is 10.5 Å². The number of hydrogen-bond donors (Lipinski definition) is 1. The Morgan fingerprint density at radius 3 is 2.62 bits per heavy atom. The van der Waals surface area contributed by atoms with Gasteiger partial charge in [0.25, 0.3) is 0 Å². The normalized spacial score (nSPS) is 23.2. The summed E-state index contributed by atoms with van der Waals surface area (Å²) in [6.07, 6.45) is 10.5. The van der Waals surface area contributed by atoms with Gasteiger partial charge in [0.2, 0.25) is 0 Å². The first-order valence-corrected chi connectivity index (χ1v) is 8.61. The molecule has 2 heteroatoms. The molecule has 0 radical (unpaired) electrons. The number of rotatable bonds is 3. The van der Waals surface area contributed by atoms with Crippen LogP contribution in [0, 0.1) is 5.92 Å². The topological polar surface area (TPSA) is 35.2 Å². The third kappa shape index (κ3) is 3.60. The molecule has 0 spiro atoms. The van der Waals surface area contributed by atoms with Gasteiger partial charge in [0.15, 0.2) is 0 Å². The zero-order valence-corrected chi connectivity index (χ0v) is 13.5. The van der Waals surface area contributed by atoms with Crippen molar-refractivity contribution in [3.05, 3.63) is 29.3 Å². The average molecular weight is 287 g/mol. The monoisotopic (exact) mass is 287 g/mol. The Morgan fingerprint density at radius 1 is 1.19 bits per heavy atom. The number of ether oxygens (including phenoxy) is 1. The fraction of sp³-hybridized carbons (Fsp3) is 0.684. The minimum absolute atomic E-state index is 0.0632. The first-order valence-electron chi connectivity index (χ1n) is 8.61. The molecule has 1 unspecified atom stereocenters. The second-order valence-corrected chi connectivity index (χ2v) is 7.61. The Kier molecular flexibility index (Phi) is 4.26. The quantitative estimate of drug-likeness (QED) is 0.813. The van der Waals surface area contributed by atoms with Gasteiger partial charge < -0.3 is 10.5 Å². The second-order valence-electron chi connectivity index (χ2n) is 7.61. The van der Waals surface area contributed by atoms with Crippen LogP contribution in [-0.2, 0) is 6.42 Å². The standard InChI is InChI=1S/C19H29NO/c1-19(2)13-16-12-15(9-10-18(16)21-19)17(20)11-14-7-5-3-4-6-8-14/h9-10,12,14,17H,3-8,11,13,20H2,1-2H3. The van der Waals surface area contributed by atoms with E-state index in [1.165, 1.54) is 49.7 Å². The largest absolute Gasteiger partial charge is 0.487 e. The average Bonchev–Trinajstić information content (AvgIpc) is 2.60. The van der Waals surface area contributed by atoms with Gasteiger partial charge in [0, 0.05) is 12.5 Å². The predicted molar refractivity (Wildman–Crippen MR) is 87.6 cm³/mol. The maximum atomic E-state index is 6.50. The van der Waals surface area contributed by atoms with Gasteiger partial charge in [-0.2, -0.15) is 0 Å². The maximum absolute atomic E-state index is 6.50. The molecule has 2 aliphatic rings. The zero-order valence-electron chi connectivity index (χ0n) is 13.5. The number of hydrogen-bond acceptors (Lipinski definition) is 2. The molecule has 1 aliphatic heterocycles. The summed E-state index contributed by atoms with van der Waals surface area (Å²) < 4.78 is 5.95. The van der Waals surface area contributed by atoms with Gasteiger partial charge in [0.05, 0.1) is 0 Å². The van der Waals surface area contributed by atoms with E-state index in [1.807, 2.05) is 0 Å². The van der Waals surface area contributed by atoms with Gasteiger partial charge >= 0.3 is 0 Å². The van der Waals surface area contributed by atoms with E-state index in [9.17, 15) is 0 Å². The summed E-state index contributed by atoms with van der Waals surface area (Å²) in [5.74, 6) is 1.87. The number of nitrogens with two attached hydrogens (primary N) is 1.